The molecule has 1 unspecified atom stereocenters. The van der Waals surface area contributed by atoms with Gasteiger partial charge in [0.2, 0.25) is 0 Å². The van der Waals surface area contributed by atoms with Crippen molar-refractivity contribution in [3.05, 3.63) is 0 Å². The highest BCUT2D eigenvalue weighted by atomic mass is 17.2. The fraction of sp³-hybridized carbons (Fsp3) is 0.875. The third-order valence-corrected chi connectivity index (χ3v) is 1.70. The van der Waals surface area contributed by atoms with Crippen LogP contribution in [0.3, 0.4) is 0 Å². The van der Waals surface area contributed by atoms with Gasteiger partial charge in [-0.15, -0.1) is 0 Å². The molecule has 1 atom stereocenters. The highest BCUT2D eigenvalue weighted by molar-refractivity contribution is 5.70. The van der Waals surface area contributed by atoms with Crippen molar-refractivity contribution in [2.24, 2.45) is 5.41 Å². The molecule has 1 fully saturated rings. The van der Waals surface area contributed by atoms with Crippen LogP contribution in [0.5, 0.6) is 0 Å². The van der Waals surface area contributed by atoms with Crippen molar-refractivity contribution in [3.63, 3.8) is 0 Å². The average Bonchev–Trinajstić information content (AvgIpc) is 2.02. The summed E-state index contributed by atoms with van der Waals surface area (Å²) in [6, 6.07) is 0. The van der Waals surface area contributed by atoms with E-state index in [1.165, 1.54) is 0 Å². The third-order valence-electron chi connectivity index (χ3n) is 1.70. The van der Waals surface area contributed by atoms with E-state index in [2.05, 4.69) is 9.78 Å². The Hall–Kier alpha value is -0.570. The Morgan fingerprint density at radius 3 is 3.18 bits per heavy atom. The van der Waals surface area contributed by atoms with Crippen molar-refractivity contribution < 1.29 is 18.7 Å². The van der Waals surface area contributed by atoms with Crippen LogP contribution in [0.15, 0.2) is 0 Å². The molecule has 0 N–H and O–H groups in total. The fourth-order valence-corrected chi connectivity index (χ4v) is 1.20. The molecule has 0 aromatic carbocycles. The summed E-state index contributed by atoms with van der Waals surface area (Å²) in [5.74, 6) is -0.596. The van der Waals surface area contributed by atoms with Gasteiger partial charge in [-0.25, -0.2) is 4.79 Å². The van der Waals surface area contributed by atoms with E-state index in [-0.39, 0.29) is 13.0 Å². The molecule has 1 saturated heterocycles. The number of rotatable bonds is 2. The zero-order chi connectivity index (χ0) is 10.8. The van der Waals surface area contributed by atoms with E-state index < -0.39 is 18.2 Å². The molecule has 0 aromatic heterocycles. The summed E-state index contributed by atoms with van der Waals surface area (Å²) in [4.78, 5) is 19.9. The van der Waals surface area contributed by atoms with E-state index >= 15 is 0 Å². The van der Waals surface area contributed by atoms with Crippen LogP contribution in [-0.2, 0) is 14.6 Å². The molecule has 1 aliphatic heterocycles. The summed E-state index contributed by atoms with van der Waals surface area (Å²) in [5, 5.41) is 0. The second-order valence-electron chi connectivity index (χ2n) is 2.92. The molecule has 1 heterocycles. The quantitative estimate of drug-likeness (QED) is 0.578. The number of hydrogen-bond acceptors (Lipinski definition) is 3. The lowest BCUT2D eigenvalue weighted by Crippen LogP contribution is -2.33. The molecular formula is C8H14O3. The van der Waals surface area contributed by atoms with Crippen molar-refractivity contribution >= 4 is 5.97 Å². The third kappa shape index (κ3) is 2.19. The monoisotopic (exact) mass is 161 g/mol. The highest BCUT2D eigenvalue weighted by Crippen LogP contribution is 2.31. The second kappa shape index (κ2) is 3.22. The van der Waals surface area contributed by atoms with Gasteiger partial charge in [0.15, 0.2) is 0 Å². The topological polar surface area (TPSA) is 35.5 Å². The predicted molar refractivity (Wildman–Crippen MR) is 39.7 cm³/mol. The normalized spacial score (nSPS) is 36.8. The minimum atomic E-state index is -2.18. The SMILES string of the molecule is [2H]C([2H])([2H])C1(CCC)COOC(=O)C1. The highest BCUT2D eigenvalue weighted by Gasteiger charge is 2.33. The van der Waals surface area contributed by atoms with Gasteiger partial charge in [-0.1, -0.05) is 20.2 Å². The van der Waals surface area contributed by atoms with E-state index in [0.717, 1.165) is 0 Å². The summed E-state index contributed by atoms with van der Waals surface area (Å²) in [7, 11) is 0. The molecule has 0 saturated carbocycles. The molecule has 1 rings (SSSR count). The number of carbonyl (C=O) groups excluding carboxylic acids is 1. The van der Waals surface area contributed by atoms with Crippen LogP contribution in [0.1, 0.15) is 37.2 Å². The Morgan fingerprint density at radius 2 is 2.64 bits per heavy atom. The zero-order valence-electron chi connectivity index (χ0n) is 9.55. The van der Waals surface area contributed by atoms with Crippen molar-refractivity contribution in [1.82, 2.24) is 0 Å². The zero-order valence-corrected chi connectivity index (χ0v) is 6.55. The second-order valence-corrected chi connectivity index (χ2v) is 2.92. The smallest absolute Gasteiger partial charge is 0.298 e. The van der Waals surface area contributed by atoms with Gasteiger partial charge in [0.25, 0.3) is 0 Å². The van der Waals surface area contributed by atoms with Crippen LogP contribution in [0.2, 0.25) is 0 Å². The van der Waals surface area contributed by atoms with Crippen molar-refractivity contribution in [2.45, 2.75) is 33.0 Å². The van der Waals surface area contributed by atoms with Crippen LogP contribution < -0.4 is 0 Å². The molecule has 0 aromatic rings. The van der Waals surface area contributed by atoms with Crippen molar-refractivity contribution in [1.29, 1.82) is 0 Å². The summed E-state index contributed by atoms with van der Waals surface area (Å²) in [5.41, 5.74) is -1.06. The standard InChI is InChI=1S/C8H14O3/c1-3-4-8(2)5-7(9)11-10-6-8/h3-6H2,1-2H3/i2D3. The molecule has 0 amide bonds. The minimum absolute atomic E-state index is 0.0386. The lowest BCUT2D eigenvalue weighted by Gasteiger charge is -2.30. The molecule has 1 aliphatic rings. The minimum Gasteiger partial charge on any atom is -0.298 e. The van der Waals surface area contributed by atoms with Gasteiger partial charge in [0.05, 0.1) is 13.0 Å². The van der Waals surface area contributed by atoms with Gasteiger partial charge in [0.1, 0.15) is 0 Å². The van der Waals surface area contributed by atoms with Crippen LogP contribution >= 0.6 is 0 Å². The van der Waals surface area contributed by atoms with E-state index in [9.17, 15) is 4.79 Å². The first kappa shape index (κ1) is 5.14. The van der Waals surface area contributed by atoms with Crippen molar-refractivity contribution in [2.75, 3.05) is 6.61 Å². The molecule has 3 nitrogen and oxygen atoms in total. The first-order valence-electron chi connectivity index (χ1n) is 5.23. The molecule has 11 heavy (non-hydrogen) atoms. The first-order chi connectivity index (χ1) is 6.41. The van der Waals surface area contributed by atoms with E-state index in [0.29, 0.717) is 12.8 Å². The lowest BCUT2D eigenvalue weighted by molar-refractivity contribution is -0.305. The maximum Gasteiger partial charge on any atom is 0.342 e. The molecule has 64 valence electrons. The van der Waals surface area contributed by atoms with Gasteiger partial charge >= 0.3 is 5.97 Å². The van der Waals surface area contributed by atoms with E-state index in [1.807, 2.05) is 6.92 Å². The molecule has 0 radical (unpaired) electrons. The average molecular weight is 161 g/mol. The van der Waals surface area contributed by atoms with Crippen LogP contribution in [-0.4, -0.2) is 12.6 Å². The van der Waals surface area contributed by atoms with Gasteiger partial charge in [0, 0.05) is 9.53 Å². The van der Waals surface area contributed by atoms with Gasteiger partial charge in [-0.05, 0) is 6.42 Å². The summed E-state index contributed by atoms with van der Waals surface area (Å²) in [6.07, 6.45) is 1.06. The van der Waals surface area contributed by atoms with Gasteiger partial charge < -0.3 is 0 Å². The predicted octanol–water partition coefficient (Wildman–Crippen LogP) is 1.67. The fourth-order valence-electron chi connectivity index (χ4n) is 1.20. The van der Waals surface area contributed by atoms with Crippen molar-refractivity contribution in [3.8, 4) is 0 Å². The maximum atomic E-state index is 11.0. The van der Waals surface area contributed by atoms with Gasteiger partial charge in [-0.2, -0.15) is 4.89 Å². The Labute approximate surface area is 70.8 Å². The largest absolute Gasteiger partial charge is 0.342 e. The Kier molecular flexibility index (Phi) is 1.50. The van der Waals surface area contributed by atoms with Crippen LogP contribution in [0, 0.1) is 5.41 Å². The summed E-state index contributed by atoms with van der Waals surface area (Å²) < 4.78 is 22.2. The lowest BCUT2D eigenvalue weighted by atomic mass is 9.83. The first-order valence-corrected chi connectivity index (χ1v) is 3.73. The summed E-state index contributed by atoms with van der Waals surface area (Å²) >= 11 is 0. The number of hydrogen-bond donors (Lipinski definition) is 0. The molecular weight excluding hydrogens is 144 g/mol. The van der Waals surface area contributed by atoms with Crippen LogP contribution in [0.25, 0.3) is 0 Å². The Balaban J connectivity index is 2.85. The van der Waals surface area contributed by atoms with Crippen LogP contribution in [0.4, 0.5) is 0 Å². The molecule has 0 bridgehead atoms. The molecule has 0 aliphatic carbocycles. The number of carbonyl (C=O) groups is 1. The van der Waals surface area contributed by atoms with Gasteiger partial charge in [-0.3, -0.25) is 4.89 Å². The molecule has 3 heteroatoms. The van der Waals surface area contributed by atoms with E-state index in [1.54, 1.807) is 0 Å². The Morgan fingerprint density at radius 1 is 1.82 bits per heavy atom. The van der Waals surface area contributed by atoms with E-state index in [4.69, 9.17) is 4.11 Å². The summed E-state index contributed by atoms with van der Waals surface area (Å²) in [6.45, 7) is -0.334. The maximum absolute atomic E-state index is 11.0. The molecule has 0 spiro atoms. The Bertz CT molecular complexity index is 222.